The van der Waals surface area contributed by atoms with Gasteiger partial charge in [-0.2, -0.15) is 10.4 Å². The minimum atomic E-state index is -0.803. The summed E-state index contributed by atoms with van der Waals surface area (Å²) in [5.41, 5.74) is 5.29. The summed E-state index contributed by atoms with van der Waals surface area (Å²) in [6, 6.07) is 15.8. The van der Waals surface area contributed by atoms with Crippen molar-refractivity contribution in [2.45, 2.75) is 38.4 Å². The summed E-state index contributed by atoms with van der Waals surface area (Å²) in [6.07, 6.45) is 1.04. The molecular formula is C26H27N5O3S. The summed E-state index contributed by atoms with van der Waals surface area (Å²) in [7, 11) is 1.23. The quantitative estimate of drug-likeness (QED) is 0.434. The average molecular weight is 490 g/mol. The minimum Gasteiger partial charge on any atom is -0.451 e. The van der Waals surface area contributed by atoms with Gasteiger partial charge in [0.05, 0.1) is 29.2 Å². The largest absolute Gasteiger partial charge is 0.451 e. The second kappa shape index (κ2) is 9.92. The van der Waals surface area contributed by atoms with Crippen molar-refractivity contribution in [2.75, 3.05) is 25.1 Å². The van der Waals surface area contributed by atoms with E-state index in [4.69, 9.17) is 15.0 Å². The number of nitrogens with zero attached hydrogens (tertiary/aromatic N) is 5. The Morgan fingerprint density at radius 3 is 2.66 bits per heavy atom. The van der Waals surface area contributed by atoms with Crippen molar-refractivity contribution >= 4 is 40.3 Å². The van der Waals surface area contributed by atoms with Gasteiger partial charge in [-0.25, -0.2) is 4.79 Å². The average Bonchev–Trinajstić information content (AvgIpc) is 2.86. The molecule has 0 unspecified atom stereocenters. The number of fused-ring (bicyclic) bond motifs is 1. The van der Waals surface area contributed by atoms with Crippen molar-refractivity contribution in [1.29, 1.82) is 5.26 Å². The Kier molecular flexibility index (Phi) is 6.94. The number of benzene rings is 2. The molecule has 2 amide bonds. The van der Waals surface area contributed by atoms with E-state index in [-0.39, 0.29) is 0 Å². The number of aliphatic imine (C=N–C) groups is 1. The fourth-order valence-corrected chi connectivity index (χ4v) is 5.21. The minimum absolute atomic E-state index is 0.461. The number of anilines is 1. The summed E-state index contributed by atoms with van der Waals surface area (Å²) in [6.45, 7) is 7.32. The van der Waals surface area contributed by atoms with E-state index in [2.05, 4.69) is 28.2 Å². The van der Waals surface area contributed by atoms with Gasteiger partial charge in [-0.15, -0.1) is 5.01 Å². The molecule has 0 saturated carbocycles. The number of carbonyl (C=O) groups excluding carboxylic acids is 2. The number of carbonyl (C=O) groups is 2. The predicted octanol–water partition coefficient (Wildman–Crippen LogP) is 5.20. The van der Waals surface area contributed by atoms with Crippen LogP contribution in [0.4, 0.5) is 15.3 Å². The van der Waals surface area contributed by atoms with Crippen LogP contribution in [0.5, 0.6) is 0 Å². The number of thioether (sulfide) groups is 1. The lowest BCUT2D eigenvalue weighted by molar-refractivity contribution is 0.136. The number of amides is 2. The van der Waals surface area contributed by atoms with Crippen LogP contribution in [-0.2, 0) is 11.2 Å². The molecule has 8 nitrogen and oxygen atoms in total. The van der Waals surface area contributed by atoms with Crippen LogP contribution in [0.25, 0.3) is 0 Å². The van der Waals surface area contributed by atoms with Crippen molar-refractivity contribution in [2.24, 2.45) is 10.1 Å². The smallest absolute Gasteiger partial charge is 0.438 e. The lowest BCUT2D eigenvalue weighted by Gasteiger charge is -2.35. The standard InChI is InChI=1S/C26H27N5O3S/c1-5-28-23(18-10-8-17(16-27)9-11-18)30-14-6-7-19-15-20(12-13-21(19)30)22-26(2,3)35-25(33)31(29-22)24(32)34-4/h8-13,15H,5-7,14H2,1-4H3. The number of imide groups is 1. The molecule has 9 heteroatoms. The van der Waals surface area contributed by atoms with E-state index in [1.807, 2.05) is 51.1 Å². The number of rotatable bonds is 3. The molecule has 0 radical (unpaired) electrons. The van der Waals surface area contributed by atoms with E-state index in [0.29, 0.717) is 17.8 Å². The Morgan fingerprint density at radius 2 is 2.00 bits per heavy atom. The van der Waals surface area contributed by atoms with Gasteiger partial charge in [0, 0.05) is 24.3 Å². The third-order valence-electron chi connectivity index (χ3n) is 5.94. The van der Waals surface area contributed by atoms with Gasteiger partial charge < -0.3 is 9.64 Å². The number of hydrazone groups is 1. The molecule has 0 spiro atoms. The number of methoxy groups -OCH3 is 1. The zero-order valence-corrected chi connectivity index (χ0v) is 21.1. The zero-order valence-electron chi connectivity index (χ0n) is 20.2. The number of nitriles is 1. The molecular weight excluding hydrogens is 462 g/mol. The molecule has 0 atom stereocenters. The van der Waals surface area contributed by atoms with Crippen LogP contribution in [0.1, 0.15) is 49.4 Å². The second-order valence-corrected chi connectivity index (χ2v) is 10.3. The van der Waals surface area contributed by atoms with Crippen LogP contribution in [0.3, 0.4) is 0 Å². The molecule has 0 N–H and O–H groups in total. The summed E-state index contributed by atoms with van der Waals surface area (Å²) >= 11 is 1.05. The van der Waals surface area contributed by atoms with Gasteiger partial charge in [0.1, 0.15) is 5.84 Å². The first-order valence-electron chi connectivity index (χ1n) is 11.4. The topological polar surface area (TPSA) is 98.4 Å². The number of hydrogen-bond donors (Lipinski definition) is 0. The van der Waals surface area contributed by atoms with Gasteiger partial charge in [-0.3, -0.25) is 9.79 Å². The summed E-state index contributed by atoms with van der Waals surface area (Å²) in [5, 5.41) is 13.9. The van der Waals surface area contributed by atoms with E-state index in [0.717, 1.165) is 64.4 Å². The molecule has 0 saturated heterocycles. The lowest BCUT2D eigenvalue weighted by atomic mass is 9.93. The molecule has 2 heterocycles. The molecule has 180 valence electrons. The van der Waals surface area contributed by atoms with Crippen LogP contribution < -0.4 is 4.90 Å². The number of amidine groups is 1. The van der Waals surface area contributed by atoms with Gasteiger partial charge in [0.25, 0.3) is 0 Å². The molecule has 0 aromatic heterocycles. The Hall–Kier alpha value is -3.64. The second-order valence-electron chi connectivity index (χ2n) is 8.69. The zero-order chi connectivity index (χ0) is 25.2. The lowest BCUT2D eigenvalue weighted by Crippen LogP contribution is -2.43. The molecule has 2 aromatic rings. The normalized spacial score (nSPS) is 17.4. The van der Waals surface area contributed by atoms with Crippen LogP contribution in [0.2, 0.25) is 0 Å². The van der Waals surface area contributed by atoms with Gasteiger partial charge in [0.2, 0.25) is 0 Å². The van der Waals surface area contributed by atoms with E-state index < -0.39 is 16.1 Å². The molecule has 2 aromatic carbocycles. The third-order valence-corrected chi connectivity index (χ3v) is 6.99. The van der Waals surface area contributed by atoms with Crippen LogP contribution in [0, 0.1) is 11.3 Å². The van der Waals surface area contributed by atoms with Gasteiger partial charge in [0.15, 0.2) is 0 Å². The van der Waals surface area contributed by atoms with Crippen molar-refractivity contribution in [3.05, 3.63) is 64.7 Å². The highest BCUT2D eigenvalue weighted by Crippen LogP contribution is 2.38. The molecule has 2 aliphatic heterocycles. The van der Waals surface area contributed by atoms with Crippen molar-refractivity contribution in [3.63, 3.8) is 0 Å². The number of hydrogen-bond acceptors (Lipinski definition) is 7. The maximum atomic E-state index is 12.4. The Balaban J connectivity index is 1.74. The van der Waals surface area contributed by atoms with Crippen LogP contribution in [-0.4, -0.2) is 52.8 Å². The maximum absolute atomic E-state index is 12.4. The number of ether oxygens (including phenoxy) is 1. The van der Waals surface area contributed by atoms with Crippen molar-refractivity contribution < 1.29 is 14.3 Å². The molecule has 0 aliphatic carbocycles. The molecule has 2 aliphatic rings. The fourth-order valence-electron chi connectivity index (χ4n) is 4.32. The van der Waals surface area contributed by atoms with Crippen LogP contribution >= 0.6 is 11.8 Å². The van der Waals surface area contributed by atoms with E-state index in [1.54, 1.807) is 0 Å². The van der Waals surface area contributed by atoms with Gasteiger partial charge in [-0.05, 0) is 92.9 Å². The Labute approximate surface area is 209 Å². The van der Waals surface area contributed by atoms with Crippen molar-refractivity contribution in [3.8, 4) is 6.07 Å². The van der Waals surface area contributed by atoms with E-state index in [1.165, 1.54) is 7.11 Å². The Morgan fingerprint density at radius 1 is 1.26 bits per heavy atom. The van der Waals surface area contributed by atoms with Crippen molar-refractivity contribution in [1.82, 2.24) is 5.01 Å². The summed E-state index contributed by atoms with van der Waals surface area (Å²) < 4.78 is 4.12. The SMILES string of the molecule is CCN=C(c1ccc(C#N)cc1)N1CCCc2cc(C3=NN(C(=O)OC)C(=O)SC3(C)C)ccc21. The molecule has 0 bridgehead atoms. The van der Waals surface area contributed by atoms with Gasteiger partial charge >= 0.3 is 11.3 Å². The highest BCUT2D eigenvalue weighted by molar-refractivity contribution is 8.15. The fraction of sp³-hybridized carbons (Fsp3) is 0.346. The molecule has 35 heavy (non-hydrogen) atoms. The highest BCUT2D eigenvalue weighted by Gasteiger charge is 2.40. The first-order chi connectivity index (χ1) is 16.8. The predicted molar refractivity (Wildman–Crippen MR) is 138 cm³/mol. The molecule has 0 fully saturated rings. The van der Waals surface area contributed by atoms with Crippen LogP contribution in [0.15, 0.2) is 52.6 Å². The first-order valence-corrected chi connectivity index (χ1v) is 12.3. The highest BCUT2D eigenvalue weighted by atomic mass is 32.2. The maximum Gasteiger partial charge on any atom is 0.438 e. The first kappa shape index (κ1) is 24.5. The summed E-state index contributed by atoms with van der Waals surface area (Å²) in [5.74, 6) is 0.874. The third kappa shape index (κ3) is 4.80. The Bertz CT molecular complexity index is 1260. The summed E-state index contributed by atoms with van der Waals surface area (Å²) in [4.78, 5) is 31.5. The van der Waals surface area contributed by atoms with E-state index >= 15 is 0 Å². The van der Waals surface area contributed by atoms with E-state index in [9.17, 15) is 9.59 Å². The molecule has 4 rings (SSSR count). The number of aryl methyl sites for hydroxylation is 1. The van der Waals surface area contributed by atoms with Gasteiger partial charge in [-0.1, -0.05) is 6.07 Å². The monoisotopic (exact) mass is 489 g/mol.